The number of rotatable bonds is 0. The van der Waals surface area contributed by atoms with Gasteiger partial charge in [-0.1, -0.05) is 33.7 Å². The van der Waals surface area contributed by atoms with Crippen LogP contribution in [0.4, 0.5) is 0 Å². The van der Waals surface area contributed by atoms with Gasteiger partial charge in [0.25, 0.3) is 0 Å². The lowest BCUT2D eigenvalue weighted by Crippen LogP contribution is -2.01. The number of hydrogen-bond acceptors (Lipinski definition) is 2. The summed E-state index contributed by atoms with van der Waals surface area (Å²) in [5.74, 6) is 1.32. The van der Waals surface area contributed by atoms with Gasteiger partial charge in [0.15, 0.2) is 0 Å². The molecular weight excluding hydrogens is 164 g/mol. The van der Waals surface area contributed by atoms with E-state index in [4.69, 9.17) is 0 Å². The first-order chi connectivity index (χ1) is 4.30. The first-order valence-electron chi connectivity index (χ1n) is 3.26. The highest BCUT2D eigenvalue weighted by Crippen LogP contribution is 2.34. The van der Waals surface area contributed by atoms with Crippen molar-refractivity contribution in [2.75, 3.05) is 5.75 Å². The number of hydrogen-bond donors (Lipinski definition) is 0. The Kier molecular flexibility index (Phi) is 3.22. The molecule has 52 valence electrons. The summed E-state index contributed by atoms with van der Waals surface area (Å²) < 4.78 is 0. The van der Waals surface area contributed by atoms with Gasteiger partial charge < -0.3 is 0 Å². The summed E-state index contributed by atoms with van der Waals surface area (Å²) >= 11 is 0. The average Bonchev–Trinajstić information content (AvgIpc) is 1.99. The smallest absolute Gasteiger partial charge is 0.0255 e. The van der Waals surface area contributed by atoms with E-state index in [2.05, 4.69) is 6.58 Å². The zero-order valence-electron chi connectivity index (χ0n) is 5.72. The van der Waals surface area contributed by atoms with Crippen LogP contribution in [0.25, 0.3) is 0 Å². The molecule has 0 spiro atoms. The molecule has 0 nitrogen and oxygen atoms in total. The Hall–Kier alpha value is 0.657. The largest absolute Gasteiger partial charge is 0.0991 e. The van der Waals surface area contributed by atoms with E-state index in [1.807, 2.05) is 21.6 Å². The fraction of sp³-hybridized carbons (Fsp3) is 0.667. The first kappa shape index (κ1) is 7.76. The zero-order valence-corrected chi connectivity index (χ0v) is 9.36. The minimum absolute atomic E-state index is 0.817. The Morgan fingerprint density at radius 3 is 3.22 bits per heavy atom. The van der Waals surface area contributed by atoms with Crippen molar-refractivity contribution in [1.29, 1.82) is 0 Å². The van der Waals surface area contributed by atoms with Crippen LogP contribution < -0.4 is 0 Å². The van der Waals surface area contributed by atoms with E-state index in [9.17, 15) is 0 Å². The van der Waals surface area contributed by atoms with Crippen LogP contribution in [-0.4, -0.2) is 20.9 Å². The zero-order chi connectivity index (χ0) is 6.69. The van der Waals surface area contributed by atoms with Crippen molar-refractivity contribution in [2.45, 2.75) is 17.7 Å². The highest BCUT2D eigenvalue weighted by Gasteiger charge is 2.10. The van der Waals surface area contributed by atoms with Crippen molar-refractivity contribution in [1.82, 2.24) is 0 Å². The summed E-state index contributed by atoms with van der Waals surface area (Å²) in [6.07, 6.45) is 2.61. The van der Waals surface area contributed by atoms with Gasteiger partial charge in [-0.2, -0.15) is 0 Å². The summed E-state index contributed by atoms with van der Waals surface area (Å²) in [5.41, 5.74) is 1.48. The molecule has 1 saturated heterocycles. The summed E-state index contributed by atoms with van der Waals surface area (Å²) in [7, 11) is 5.32. The van der Waals surface area contributed by atoms with Crippen LogP contribution in [0.3, 0.4) is 0 Å². The molecule has 1 aliphatic rings. The van der Waals surface area contributed by atoms with Gasteiger partial charge in [-0.25, -0.2) is 0 Å². The Morgan fingerprint density at radius 1 is 1.67 bits per heavy atom. The van der Waals surface area contributed by atoms with Gasteiger partial charge in [-0.15, -0.1) is 0 Å². The average molecular weight is 176 g/mol. The molecule has 1 rings (SSSR count). The second-order valence-electron chi connectivity index (χ2n) is 2.32. The predicted octanol–water partition coefficient (Wildman–Crippen LogP) is 1.41. The molecule has 0 saturated carbocycles. The van der Waals surface area contributed by atoms with Gasteiger partial charge >= 0.3 is 0 Å². The lowest BCUT2D eigenvalue weighted by molar-refractivity contribution is 0.920. The molecule has 0 aromatic heterocycles. The second-order valence-corrected chi connectivity index (χ2v) is 7.14. The molecule has 0 amide bonds. The molecule has 0 aromatic carbocycles. The van der Waals surface area contributed by atoms with Gasteiger partial charge in [0, 0.05) is 20.9 Å². The van der Waals surface area contributed by atoms with Gasteiger partial charge in [-0.05, 0) is 12.8 Å². The van der Waals surface area contributed by atoms with Crippen molar-refractivity contribution in [2.24, 2.45) is 0 Å². The Balaban J connectivity index is 2.41. The molecule has 0 aliphatic carbocycles. The molecule has 0 N–H and O–H groups in total. The summed E-state index contributed by atoms with van der Waals surface area (Å²) in [6.45, 7) is 4.06. The molecule has 1 aliphatic heterocycles. The molecule has 1 unspecified atom stereocenters. The fourth-order valence-electron chi connectivity index (χ4n) is 0.780. The van der Waals surface area contributed by atoms with Gasteiger partial charge in [0.2, 0.25) is 0 Å². The monoisotopic (exact) mass is 176 g/mol. The molecule has 1 atom stereocenters. The molecule has 9 heavy (non-hydrogen) atoms. The van der Waals surface area contributed by atoms with Crippen LogP contribution in [0.2, 0.25) is 0 Å². The van der Waals surface area contributed by atoms with E-state index in [-0.39, 0.29) is 0 Å². The minimum Gasteiger partial charge on any atom is -0.0991 e. The topological polar surface area (TPSA) is 0 Å². The molecule has 0 aromatic rings. The summed E-state index contributed by atoms with van der Waals surface area (Å²) in [4.78, 5) is 0.817. The van der Waals surface area contributed by atoms with Crippen LogP contribution in [0.15, 0.2) is 12.2 Å². The van der Waals surface area contributed by atoms with Crippen LogP contribution in [0, 0.1) is 0 Å². The Labute approximate surface area is 67.7 Å². The highest BCUT2D eigenvalue weighted by molar-refractivity contribution is 8.77. The Bertz CT molecular complexity index is 114. The second kappa shape index (κ2) is 3.74. The van der Waals surface area contributed by atoms with Crippen molar-refractivity contribution in [3.63, 3.8) is 0 Å². The third-order valence-electron chi connectivity index (χ3n) is 1.51. The van der Waals surface area contributed by atoms with Gasteiger partial charge in [-0.3, -0.25) is 0 Å². The highest BCUT2D eigenvalue weighted by atomic mass is 33.1. The maximum absolute atomic E-state index is 4.06. The van der Waals surface area contributed by atoms with Crippen LogP contribution in [0.1, 0.15) is 12.8 Å². The fourth-order valence-corrected chi connectivity index (χ4v) is 4.77. The third kappa shape index (κ3) is 2.39. The molecule has 3 heteroatoms. The van der Waals surface area contributed by atoms with Crippen molar-refractivity contribution in [3.8, 4) is 0 Å². The quantitative estimate of drug-likeness (QED) is 0.311. The van der Waals surface area contributed by atoms with Crippen LogP contribution in [0.5, 0.6) is 0 Å². The summed E-state index contributed by atoms with van der Waals surface area (Å²) in [6, 6.07) is 0. The lowest BCUT2D eigenvalue weighted by atomic mass is 10.2. The van der Waals surface area contributed by atoms with Crippen LogP contribution >= 0.6 is 21.6 Å². The maximum Gasteiger partial charge on any atom is 0.0255 e. The molecule has 1 fully saturated rings. The van der Waals surface area contributed by atoms with Crippen molar-refractivity contribution < 1.29 is 0 Å². The Morgan fingerprint density at radius 2 is 2.44 bits per heavy atom. The molecule has 0 radical (unpaired) electrons. The van der Waals surface area contributed by atoms with E-state index >= 15 is 0 Å². The molecule has 1 heterocycles. The maximum atomic E-state index is 4.06. The van der Waals surface area contributed by atoms with E-state index in [0.717, 1.165) is 4.87 Å². The van der Waals surface area contributed by atoms with E-state index < -0.39 is 0 Å². The van der Waals surface area contributed by atoms with Gasteiger partial charge in [0.1, 0.15) is 0 Å². The lowest BCUT2D eigenvalue weighted by Gasteiger charge is -2.06. The minimum atomic E-state index is 0.817. The third-order valence-corrected chi connectivity index (χ3v) is 7.05. The SMILES string of the molecule is C=C1CCCSSC1[SiH3]. The van der Waals surface area contributed by atoms with E-state index in [1.165, 1.54) is 34.4 Å². The molecular formula is C6H12S2Si. The van der Waals surface area contributed by atoms with Crippen LogP contribution in [-0.2, 0) is 0 Å². The van der Waals surface area contributed by atoms with Crippen molar-refractivity contribution >= 4 is 31.8 Å². The van der Waals surface area contributed by atoms with E-state index in [0.29, 0.717) is 0 Å². The predicted molar refractivity (Wildman–Crippen MR) is 52.2 cm³/mol. The van der Waals surface area contributed by atoms with Gasteiger partial charge in [0.05, 0.1) is 0 Å². The van der Waals surface area contributed by atoms with E-state index in [1.54, 1.807) is 0 Å². The normalized spacial score (nSPS) is 30.2. The van der Waals surface area contributed by atoms with Crippen molar-refractivity contribution in [3.05, 3.63) is 12.2 Å². The summed E-state index contributed by atoms with van der Waals surface area (Å²) in [5, 5.41) is 0. The standard InChI is InChI=1S/C6H12S2Si/c1-5-3-2-4-7-8-6(5)9/h6H,1-4H2,9H3. The first-order valence-corrected chi connectivity index (χ1v) is 6.80. The molecule has 0 bridgehead atoms.